The van der Waals surface area contributed by atoms with Crippen LogP contribution in [0.15, 0.2) is 42.5 Å². The lowest BCUT2D eigenvalue weighted by atomic mass is 9.98. The molecule has 7 heteroatoms. The first-order chi connectivity index (χ1) is 14.4. The maximum atomic E-state index is 14.3. The second kappa shape index (κ2) is 10.1. The Morgan fingerprint density at radius 1 is 1.23 bits per heavy atom. The van der Waals surface area contributed by atoms with Gasteiger partial charge in [-0.2, -0.15) is 0 Å². The summed E-state index contributed by atoms with van der Waals surface area (Å²) in [5, 5.41) is 2.53. The van der Waals surface area contributed by atoms with Crippen LogP contribution in [0.5, 0.6) is 0 Å². The number of hydrogen-bond donors (Lipinski definition) is 1. The van der Waals surface area contributed by atoms with Gasteiger partial charge < -0.3 is 5.32 Å². The van der Waals surface area contributed by atoms with E-state index in [0.29, 0.717) is 5.69 Å². The third-order valence-electron chi connectivity index (χ3n) is 5.25. The Hall–Kier alpha value is -2.41. The fourth-order valence-corrected chi connectivity index (χ4v) is 4.75. The molecule has 1 aliphatic heterocycles. The van der Waals surface area contributed by atoms with Gasteiger partial charge >= 0.3 is 0 Å². The number of unbranched alkanes of at least 4 members (excludes halogenated alkanes) is 1. The second-order valence-corrected chi connectivity index (χ2v) is 8.45. The molecule has 2 unspecified atom stereocenters. The molecule has 2 aromatic rings. The van der Waals surface area contributed by atoms with Crippen molar-refractivity contribution in [3.8, 4) is 0 Å². The molecule has 1 heterocycles. The molecular formula is C23H26F2N2O2S. The van der Waals surface area contributed by atoms with E-state index in [-0.39, 0.29) is 29.2 Å². The van der Waals surface area contributed by atoms with Crippen molar-refractivity contribution >= 4 is 35.0 Å². The van der Waals surface area contributed by atoms with E-state index in [1.54, 1.807) is 12.1 Å². The molecule has 1 N–H and O–H groups in total. The van der Waals surface area contributed by atoms with Crippen LogP contribution in [0.3, 0.4) is 0 Å². The van der Waals surface area contributed by atoms with Crippen molar-refractivity contribution in [2.45, 2.75) is 44.9 Å². The Morgan fingerprint density at radius 2 is 2.03 bits per heavy atom. The zero-order valence-corrected chi connectivity index (χ0v) is 18.0. The van der Waals surface area contributed by atoms with Gasteiger partial charge in [-0.1, -0.05) is 38.8 Å². The summed E-state index contributed by atoms with van der Waals surface area (Å²) in [6, 6.07) is 10.5. The minimum atomic E-state index is -0.776. The molecule has 0 aromatic heterocycles. The number of carbonyl (C=O) groups excluding carboxylic acids is 2. The van der Waals surface area contributed by atoms with Crippen LogP contribution in [0.4, 0.5) is 20.2 Å². The average Bonchev–Trinajstić information content (AvgIpc) is 3.10. The topological polar surface area (TPSA) is 49.4 Å². The maximum absolute atomic E-state index is 14.3. The van der Waals surface area contributed by atoms with Gasteiger partial charge in [0, 0.05) is 17.7 Å². The molecular weight excluding hydrogens is 406 g/mol. The zero-order chi connectivity index (χ0) is 21.7. The summed E-state index contributed by atoms with van der Waals surface area (Å²) in [4.78, 5) is 26.5. The van der Waals surface area contributed by atoms with Crippen molar-refractivity contribution in [1.82, 2.24) is 0 Å². The summed E-state index contributed by atoms with van der Waals surface area (Å²) in [6.07, 6.45) is 3.67. The SMILES string of the molecule is CCCCC(CC)C(=O)Nc1cccc(C2SCC(=O)N2c2ccc(F)cc2F)c1. The number of hydrogen-bond acceptors (Lipinski definition) is 3. The van der Waals surface area contributed by atoms with Crippen LogP contribution in [-0.4, -0.2) is 17.6 Å². The van der Waals surface area contributed by atoms with Crippen molar-refractivity contribution in [3.05, 3.63) is 59.7 Å². The lowest BCUT2D eigenvalue weighted by molar-refractivity contribution is -0.120. The summed E-state index contributed by atoms with van der Waals surface area (Å²) in [7, 11) is 0. The Bertz CT molecular complexity index is 922. The summed E-state index contributed by atoms with van der Waals surface area (Å²) in [6.45, 7) is 4.11. The van der Waals surface area contributed by atoms with Gasteiger partial charge in [0.2, 0.25) is 11.8 Å². The highest BCUT2D eigenvalue weighted by Crippen LogP contribution is 2.43. The molecule has 2 aromatic carbocycles. The highest BCUT2D eigenvalue weighted by molar-refractivity contribution is 8.00. The molecule has 0 bridgehead atoms. The average molecular weight is 433 g/mol. The molecule has 160 valence electrons. The second-order valence-electron chi connectivity index (χ2n) is 7.38. The van der Waals surface area contributed by atoms with Crippen LogP contribution < -0.4 is 10.2 Å². The minimum absolute atomic E-state index is 0.0142. The molecule has 0 radical (unpaired) electrons. The summed E-state index contributed by atoms with van der Waals surface area (Å²) < 4.78 is 27.7. The number of rotatable bonds is 8. The normalized spacial score (nSPS) is 17.3. The predicted molar refractivity (Wildman–Crippen MR) is 117 cm³/mol. The lowest BCUT2D eigenvalue weighted by Gasteiger charge is -2.25. The van der Waals surface area contributed by atoms with Crippen LogP contribution in [0.2, 0.25) is 0 Å². The summed E-state index contributed by atoms with van der Waals surface area (Å²) in [5.41, 5.74) is 1.47. The van der Waals surface area contributed by atoms with Gasteiger partial charge in [-0.05, 0) is 42.7 Å². The number of nitrogens with zero attached hydrogens (tertiary/aromatic N) is 1. The monoisotopic (exact) mass is 432 g/mol. The first-order valence-corrected chi connectivity index (χ1v) is 11.3. The Kier molecular flexibility index (Phi) is 7.48. The highest BCUT2D eigenvalue weighted by atomic mass is 32.2. The van der Waals surface area contributed by atoms with Crippen molar-refractivity contribution in [1.29, 1.82) is 0 Å². The molecule has 1 saturated heterocycles. The van der Waals surface area contributed by atoms with E-state index in [0.717, 1.165) is 43.4 Å². The molecule has 0 saturated carbocycles. The molecule has 3 rings (SSSR count). The first-order valence-electron chi connectivity index (χ1n) is 10.2. The van der Waals surface area contributed by atoms with E-state index in [1.807, 2.05) is 19.1 Å². The van der Waals surface area contributed by atoms with E-state index in [4.69, 9.17) is 0 Å². The van der Waals surface area contributed by atoms with Crippen molar-refractivity contribution < 1.29 is 18.4 Å². The van der Waals surface area contributed by atoms with Crippen LogP contribution in [0.25, 0.3) is 0 Å². The largest absolute Gasteiger partial charge is 0.326 e. The van der Waals surface area contributed by atoms with Crippen molar-refractivity contribution in [2.75, 3.05) is 16.0 Å². The number of anilines is 2. The highest BCUT2D eigenvalue weighted by Gasteiger charge is 2.35. The van der Waals surface area contributed by atoms with Crippen LogP contribution in [0.1, 0.15) is 50.5 Å². The molecule has 1 fully saturated rings. The summed E-state index contributed by atoms with van der Waals surface area (Å²) >= 11 is 1.37. The van der Waals surface area contributed by atoms with Gasteiger partial charge in [0.05, 0.1) is 11.4 Å². The molecule has 2 amide bonds. The maximum Gasteiger partial charge on any atom is 0.238 e. The number of nitrogens with one attached hydrogen (secondary N) is 1. The molecule has 0 spiro atoms. The quantitative estimate of drug-likeness (QED) is 0.565. The van der Waals surface area contributed by atoms with Gasteiger partial charge in [-0.3, -0.25) is 14.5 Å². The predicted octanol–water partition coefficient (Wildman–Crippen LogP) is 5.90. The molecule has 2 atom stereocenters. The number of thioether (sulfide) groups is 1. The van der Waals surface area contributed by atoms with Crippen molar-refractivity contribution in [3.63, 3.8) is 0 Å². The fourth-order valence-electron chi connectivity index (χ4n) is 3.59. The smallest absolute Gasteiger partial charge is 0.238 e. The van der Waals surface area contributed by atoms with Crippen LogP contribution in [-0.2, 0) is 9.59 Å². The Labute approximate surface area is 180 Å². The van der Waals surface area contributed by atoms with E-state index in [1.165, 1.54) is 22.7 Å². The van der Waals surface area contributed by atoms with Gasteiger partial charge in [0.15, 0.2) is 0 Å². The first kappa shape index (κ1) is 22.3. The molecule has 1 aliphatic rings. The number of carbonyl (C=O) groups is 2. The van der Waals surface area contributed by atoms with E-state index in [2.05, 4.69) is 12.2 Å². The third kappa shape index (κ3) is 5.01. The van der Waals surface area contributed by atoms with Gasteiger partial charge in [-0.25, -0.2) is 8.78 Å². The summed E-state index contributed by atoms with van der Waals surface area (Å²) in [5.74, 6) is -1.56. The molecule has 30 heavy (non-hydrogen) atoms. The number of halogens is 2. The van der Waals surface area contributed by atoms with Crippen molar-refractivity contribution in [2.24, 2.45) is 5.92 Å². The van der Waals surface area contributed by atoms with Gasteiger partial charge in [0.25, 0.3) is 0 Å². The lowest BCUT2D eigenvalue weighted by Crippen LogP contribution is -2.29. The fraction of sp³-hybridized carbons (Fsp3) is 0.391. The Balaban J connectivity index is 1.82. The Morgan fingerprint density at radius 3 is 2.73 bits per heavy atom. The van der Waals surface area contributed by atoms with Crippen LogP contribution >= 0.6 is 11.8 Å². The number of benzene rings is 2. The van der Waals surface area contributed by atoms with Gasteiger partial charge in [0.1, 0.15) is 17.0 Å². The zero-order valence-electron chi connectivity index (χ0n) is 17.2. The van der Waals surface area contributed by atoms with E-state index >= 15 is 0 Å². The minimum Gasteiger partial charge on any atom is -0.326 e. The third-order valence-corrected chi connectivity index (χ3v) is 6.46. The number of amides is 2. The molecule has 4 nitrogen and oxygen atoms in total. The van der Waals surface area contributed by atoms with E-state index < -0.39 is 17.0 Å². The molecule has 0 aliphatic carbocycles. The standard InChI is InChI=1S/C23H26F2N2O2S/c1-3-5-7-15(4-2)22(29)26-18-9-6-8-16(12-18)23-27(21(28)14-30-23)20-11-10-17(24)13-19(20)25/h6,8-13,15,23H,3-5,7,14H2,1-2H3,(H,26,29). The van der Waals surface area contributed by atoms with Crippen LogP contribution in [0, 0.1) is 17.6 Å². The van der Waals surface area contributed by atoms with E-state index in [9.17, 15) is 18.4 Å². The van der Waals surface area contributed by atoms with Gasteiger partial charge in [-0.15, -0.1) is 11.8 Å².